The second kappa shape index (κ2) is 5.29. The lowest BCUT2D eigenvalue weighted by Gasteiger charge is -2.05. The summed E-state index contributed by atoms with van der Waals surface area (Å²) in [5.41, 5.74) is 3.31. The summed E-state index contributed by atoms with van der Waals surface area (Å²) in [7, 11) is 0. The Hall–Kier alpha value is -1.49. The summed E-state index contributed by atoms with van der Waals surface area (Å²) in [6.07, 6.45) is 1.58. The van der Waals surface area contributed by atoms with Gasteiger partial charge in [0.1, 0.15) is 5.82 Å². The van der Waals surface area contributed by atoms with Crippen LogP contribution in [0.5, 0.6) is 0 Å². The van der Waals surface area contributed by atoms with Gasteiger partial charge in [0.2, 0.25) is 0 Å². The van der Waals surface area contributed by atoms with Gasteiger partial charge in [0.15, 0.2) is 5.11 Å². The number of anilines is 1. The summed E-state index contributed by atoms with van der Waals surface area (Å²) >= 11 is 4.90. The Labute approximate surface area is 87.0 Å². The van der Waals surface area contributed by atoms with Crippen molar-refractivity contribution >= 4 is 29.2 Å². The van der Waals surface area contributed by atoms with E-state index in [1.807, 2.05) is 0 Å². The van der Waals surface area contributed by atoms with Crippen molar-refractivity contribution in [3.8, 4) is 0 Å². The molecule has 1 aromatic carbocycles. The molecule has 5 heteroatoms. The Morgan fingerprint density at radius 1 is 1.43 bits per heavy atom. The Morgan fingerprint density at radius 2 is 2.07 bits per heavy atom. The van der Waals surface area contributed by atoms with Gasteiger partial charge in [-0.15, -0.1) is 0 Å². The highest BCUT2D eigenvalue weighted by Crippen LogP contribution is 2.07. The lowest BCUT2D eigenvalue weighted by molar-refractivity contribution is 0.628. The molecule has 1 rings (SSSR count). The van der Waals surface area contributed by atoms with Crippen molar-refractivity contribution in [2.75, 3.05) is 5.32 Å². The number of hydrogen-bond acceptors (Lipinski definition) is 2. The van der Waals surface area contributed by atoms with Gasteiger partial charge in [-0.2, -0.15) is 5.10 Å². The molecule has 14 heavy (non-hydrogen) atoms. The predicted octanol–water partition coefficient (Wildman–Crippen LogP) is 2.12. The molecule has 0 fully saturated rings. The highest BCUT2D eigenvalue weighted by Gasteiger charge is 1.95. The van der Waals surface area contributed by atoms with Gasteiger partial charge in [0, 0.05) is 11.9 Å². The first-order chi connectivity index (χ1) is 6.72. The zero-order valence-corrected chi connectivity index (χ0v) is 8.44. The number of hydrazone groups is 1. The van der Waals surface area contributed by atoms with E-state index in [-0.39, 0.29) is 5.82 Å². The van der Waals surface area contributed by atoms with E-state index in [1.165, 1.54) is 12.1 Å². The van der Waals surface area contributed by atoms with Gasteiger partial charge in [-0.3, -0.25) is 5.43 Å². The Kier molecular flexibility index (Phi) is 4.00. The molecule has 0 aliphatic rings. The summed E-state index contributed by atoms with van der Waals surface area (Å²) < 4.78 is 12.5. The van der Waals surface area contributed by atoms with Crippen LogP contribution in [-0.4, -0.2) is 11.3 Å². The zero-order chi connectivity index (χ0) is 10.4. The lowest BCUT2D eigenvalue weighted by atomic mass is 10.3. The molecule has 0 bridgehead atoms. The van der Waals surface area contributed by atoms with E-state index in [1.54, 1.807) is 25.3 Å². The summed E-state index contributed by atoms with van der Waals surface area (Å²) in [6, 6.07) is 5.90. The molecule has 0 radical (unpaired) electrons. The third-order valence-corrected chi connectivity index (χ3v) is 1.59. The minimum Gasteiger partial charge on any atom is -0.331 e. The molecule has 3 nitrogen and oxygen atoms in total. The monoisotopic (exact) mass is 211 g/mol. The van der Waals surface area contributed by atoms with Crippen molar-refractivity contribution < 1.29 is 4.39 Å². The Morgan fingerprint density at radius 3 is 2.64 bits per heavy atom. The molecule has 0 heterocycles. The van der Waals surface area contributed by atoms with E-state index in [2.05, 4.69) is 15.8 Å². The fourth-order valence-corrected chi connectivity index (χ4v) is 0.986. The van der Waals surface area contributed by atoms with Gasteiger partial charge >= 0.3 is 0 Å². The third-order valence-electron chi connectivity index (χ3n) is 1.40. The van der Waals surface area contributed by atoms with Crippen LogP contribution >= 0.6 is 12.2 Å². The van der Waals surface area contributed by atoms with Gasteiger partial charge < -0.3 is 5.32 Å². The first-order valence-corrected chi connectivity index (χ1v) is 4.43. The van der Waals surface area contributed by atoms with Crippen LogP contribution in [0.4, 0.5) is 10.1 Å². The number of thiocarbonyl (C=S) groups is 1. The van der Waals surface area contributed by atoms with Crippen molar-refractivity contribution in [1.82, 2.24) is 5.43 Å². The smallest absolute Gasteiger partial charge is 0.191 e. The molecule has 0 unspecified atom stereocenters. The van der Waals surface area contributed by atoms with Crippen molar-refractivity contribution in [3.63, 3.8) is 0 Å². The van der Waals surface area contributed by atoms with Crippen LogP contribution in [0.25, 0.3) is 0 Å². The molecule has 0 aromatic heterocycles. The molecule has 2 N–H and O–H groups in total. The molecule has 0 aliphatic heterocycles. The van der Waals surface area contributed by atoms with Crippen LogP contribution in [-0.2, 0) is 0 Å². The van der Waals surface area contributed by atoms with E-state index < -0.39 is 0 Å². The van der Waals surface area contributed by atoms with Crippen LogP contribution in [0.15, 0.2) is 29.4 Å². The van der Waals surface area contributed by atoms with Crippen LogP contribution < -0.4 is 10.7 Å². The average Bonchev–Trinajstić information content (AvgIpc) is 2.18. The maximum Gasteiger partial charge on any atom is 0.191 e. The van der Waals surface area contributed by atoms with Crippen molar-refractivity contribution in [1.29, 1.82) is 0 Å². The van der Waals surface area contributed by atoms with Gasteiger partial charge in [-0.05, 0) is 43.4 Å². The number of rotatable bonds is 2. The zero-order valence-electron chi connectivity index (χ0n) is 7.62. The summed E-state index contributed by atoms with van der Waals surface area (Å²) in [5, 5.41) is 6.95. The fourth-order valence-electron chi connectivity index (χ4n) is 0.815. The molecule has 0 saturated heterocycles. The lowest BCUT2D eigenvalue weighted by Crippen LogP contribution is -2.23. The summed E-state index contributed by atoms with van der Waals surface area (Å²) in [6.45, 7) is 1.77. The van der Waals surface area contributed by atoms with Crippen molar-refractivity contribution in [3.05, 3.63) is 30.1 Å². The van der Waals surface area contributed by atoms with Crippen LogP contribution in [0.2, 0.25) is 0 Å². The maximum atomic E-state index is 12.5. The quantitative estimate of drug-likeness (QED) is 0.447. The molecule has 0 amide bonds. The minimum atomic E-state index is -0.277. The van der Waals surface area contributed by atoms with Crippen molar-refractivity contribution in [2.45, 2.75) is 6.92 Å². The molecule has 1 aromatic rings. The van der Waals surface area contributed by atoms with Crippen LogP contribution in [0, 0.1) is 5.82 Å². The van der Waals surface area contributed by atoms with E-state index in [4.69, 9.17) is 12.2 Å². The summed E-state index contributed by atoms with van der Waals surface area (Å²) in [5.74, 6) is -0.277. The molecule has 0 aliphatic carbocycles. The first-order valence-electron chi connectivity index (χ1n) is 4.02. The second-order valence-electron chi connectivity index (χ2n) is 2.46. The number of nitrogens with zero attached hydrogens (tertiary/aromatic N) is 1. The normalized spacial score (nSPS) is 10.1. The Bertz CT molecular complexity index is 334. The predicted molar refractivity (Wildman–Crippen MR) is 59.9 cm³/mol. The first kappa shape index (κ1) is 10.6. The standard InChI is InChI=1S/C9H10FN3S/c1-2-11-13-9(14)12-8-5-3-7(10)4-6-8/h2-6H,1H3,(H2,12,13,14). The van der Waals surface area contributed by atoms with Gasteiger partial charge in [0.25, 0.3) is 0 Å². The highest BCUT2D eigenvalue weighted by molar-refractivity contribution is 7.80. The molecular weight excluding hydrogens is 201 g/mol. The van der Waals surface area contributed by atoms with Gasteiger partial charge in [-0.1, -0.05) is 0 Å². The van der Waals surface area contributed by atoms with E-state index >= 15 is 0 Å². The second-order valence-corrected chi connectivity index (χ2v) is 2.87. The largest absolute Gasteiger partial charge is 0.331 e. The molecule has 0 saturated carbocycles. The van der Waals surface area contributed by atoms with E-state index in [0.717, 1.165) is 5.69 Å². The number of hydrogen-bond donors (Lipinski definition) is 2. The summed E-state index contributed by atoms with van der Waals surface area (Å²) in [4.78, 5) is 0. The van der Waals surface area contributed by atoms with E-state index in [0.29, 0.717) is 5.11 Å². The number of halogens is 1. The van der Waals surface area contributed by atoms with Gasteiger partial charge in [-0.25, -0.2) is 4.39 Å². The minimum absolute atomic E-state index is 0.277. The molecule has 74 valence electrons. The topological polar surface area (TPSA) is 36.4 Å². The fraction of sp³-hybridized carbons (Fsp3) is 0.111. The average molecular weight is 211 g/mol. The number of nitrogens with one attached hydrogen (secondary N) is 2. The SMILES string of the molecule is CC=NNC(=S)Nc1ccc(F)cc1. The maximum absolute atomic E-state index is 12.5. The van der Waals surface area contributed by atoms with Gasteiger partial charge in [0.05, 0.1) is 0 Å². The molecule has 0 atom stereocenters. The van der Waals surface area contributed by atoms with E-state index in [9.17, 15) is 4.39 Å². The van der Waals surface area contributed by atoms with Crippen molar-refractivity contribution in [2.24, 2.45) is 5.10 Å². The van der Waals surface area contributed by atoms with Crippen LogP contribution in [0.1, 0.15) is 6.92 Å². The molecule has 0 spiro atoms. The number of benzene rings is 1. The third kappa shape index (κ3) is 3.49. The molecular formula is C9H10FN3S. The Balaban J connectivity index is 2.52. The highest BCUT2D eigenvalue weighted by atomic mass is 32.1. The van der Waals surface area contributed by atoms with Crippen LogP contribution in [0.3, 0.4) is 0 Å².